The molecule has 5 nitrogen and oxygen atoms in total. The van der Waals surface area contributed by atoms with E-state index >= 15 is 0 Å². The zero-order chi connectivity index (χ0) is 11.0. The molecule has 3 heterocycles. The lowest BCUT2D eigenvalue weighted by molar-refractivity contribution is 0.602. The molecule has 0 amide bonds. The SMILES string of the molecule is NCC1CCN(c2ccn3nccc3n2)C1. The van der Waals surface area contributed by atoms with E-state index in [1.807, 2.05) is 18.3 Å². The fraction of sp³-hybridized carbons (Fsp3) is 0.455. The lowest BCUT2D eigenvalue weighted by Crippen LogP contribution is -2.23. The average molecular weight is 217 g/mol. The van der Waals surface area contributed by atoms with Crippen LogP contribution in [-0.2, 0) is 0 Å². The van der Waals surface area contributed by atoms with Gasteiger partial charge in [-0.1, -0.05) is 0 Å². The van der Waals surface area contributed by atoms with Gasteiger partial charge in [0.25, 0.3) is 0 Å². The van der Waals surface area contributed by atoms with E-state index in [-0.39, 0.29) is 0 Å². The summed E-state index contributed by atoms with van der Waals surface area (Å²) in [6.45, 7) is 2.85. The van der Waals surface area contributed by atoms with E-state index in [1.54, 1.807) is 10.7 Å². The maximum atomic E-state index is 5.69. The van der Waals surface area contributed by atoms with E-state index in [0.717, 1.165) is 31.1 Å². The predicted molar refractivity (Wildman–Crippen MR) is 62.4 cm³/mol. The Hall–Kier alpha value is -1.62. The minimum Gasteiger partial charge on any atom is -0.356 e. The Morgan fingerprint density at radius 2 is 2.38 bits per heavy atom. The van der Waals surface area contributed by atoms with Crippen LogP contribution in [0.1, 0.15) is 6.42 Å². The zero-order valence-corrected chi connectivity index (χ0v) is 9.08. The van der Waals surface area contributed by atoms with Crippen molar-refractivity contribution < 1.29 is 0 Å². The molecule has 0 saturated carbocycles. The Morgan fingerprint density at radius 1 is 1.44 bits per heavy atom. The Morgan fingerprint density at radius 3 is 3.19 bits per heavy atom. The van der Waals surface area contributed by atoms with Crippen LogP contribution in [0.5, 0.6) is 0 Å². The van der Waals surface area contributed by atoms with E-state index in [2.05, 4.69) is 15.0 Å². The van der Waals surface area contributed by atoms with E-state index < -0.39 is 0 Å². The maximum Gasteiger partial charge on any atom is 0.157 e. The second-order valence-corrected chi connectivity index (χ2v) is 4.26. The molecule has 5 heteroatoms. The molecule has 1 atom stereocenters. The zero-order valence-electron chi connectivity index (χ0n) is 9.08. The molecule has 0 aliphatic carbocycles. The summed E-state index contributed by atoms with van der Waals surface area (Å²) in [6.07, 6.45) is 4.88. The van der Waals surface area contributed by atoms with Crippen LogP contribution in [0.2, 0.25) is 0 Å². The van der Waals surface area contributed by atoms with E-state index in [9.17, 15) is 0 Å². The first-order chi connectivity index (χ1) is 7.86. The summed E-state index contributed by atoms with van der Waals surface area (Å²) in [5.74, 6) is 1.65. The van der Waals surface area contributed by atoms with Crippen LogP contribution in [0.25, 0.3) is 5.65 Å². The second-order valence-electron chi connectivity index (χ2n) is 4.26. The number of aromatic nitrogens is 3. The number of hydrogen-bond donors (Lipinski definition) is 1. The predicted octanol–water partition coefficient (Wildman–Crippen LogP) is 0.514. The molecule has 1 unspecified atom stereocenters. The highest BCUT2D eigenvalue weighted by molar-refractivity contribution is 5.47. The lowest BCUT2D eigenvalue weighted by Gasteiger charge is -2.17. The third-order valence-electron chi connectivity index (χ3n) is 3.19. The van der Waals surface area contributed by atoms with Crippen LogP contribution in [0.3, 0.4) is 0 Å². The summed E-state index contributed by atoms with van der Waals surface area (Å²) in [5, 5.41) is 4.13. The van der Waals surface area contributed by atoms with Crippen LogP contribution in [0.4, 0.5) is 5.82 Å². The molecule has 0 radical (unpaired) electrons. The molecule has 2 N–H and O–H groups in total. The number of fused-ring (bicyclic) bond motifs is 1. The number of hydrogen-bond acceptors (Lipinski definition) is 4. The smallest absolute Gasteiger partial charge is 0.157 e. The lowest BCUT2D eigenvalue weighted by atomic mass is 10.1. The van der Waals surface area contributed by atoms with Gasteiger partial charge in [-0.2, -0.15) is 5.10 Å². The molecule has 0 aromatic carbocycles. The van der Waals surface area contributed by atoms with Gasteiger partial charge in [-0.25, -0.2) is 9.50 Å². The Balaban J connectivity index is 1.88. The van der Waals surface area contributed by atoms with Crippen molar-refractivity contribution in [3.8, 4) is 0 Å². The monoisotopic (exact) mass is 217 g/mol. The minimum atomic E-state index is 0.614. The molecule has 1 saturated heterocycles. The van der Waals surface area contributed by atoms with Gasteiger partial charge >= 0.3 is 0 Å². The van der Waals surface area contributed by atoms with Crippen molar-refractivity contribution in [2.45, 2.75) is 6.42 Å². The first-order valence-corrected chi connectivity index (χ1v) is 5.62. The van der Waals surface area contributed by atoms with E-state index in [4.69, 9.17) is 5.73 Å². The first kappa shape index (κ1) is 9.59. The fourth-order valence-corrected chi connectivity index (χ4v) is 2.21. The third kappa shape index (κ3) is 1.53. The van der Waals surface area contributed by atoms with E-state index in [1.165, 1.54) is 6.42 Å². The van der Waals surface area contributed by atoms with Gasteiger partial charge < -0.3 is 10.6 Å². The van der Waals surface area contributed by atoms with Crippen LogP contribution >= 0.6 is 0 Å². The third-order valence-corrected chi connectivity index (χ3v) is 3.19. The second kappa shape index (κ2) is 3.75. The van der Waals surface area contributed by atoms with Gasteiger partial charge in [0.2, 0.25) is 0 Å². The molecule has 3 rings (SSSR count). The van der Waals surface area contributed by atoms with E-state index in [0.29, 0.717) is 5.92 Å². The Labute approximate surface area is 93.9 Å². The first-order valence-electron chi connectivity index (χ1n) is 5.62. The highest BCUT2D eigenvalue weighted by Crippen LogP contribution is 2.21. The van der Waals surface area contributed by atoms with Crippen molar-refractivity contribution in [1.29, 1.82) is 0 Å². The average Bonchev–Trinajstić information content (AvgIpc) is 2.96. The summed E-state index contributed by atoms with van der Waals surface area (Å²) in [5.41, 5.74) is 6.58. The largest absolute Gasteiger partial charge is 0.356 e. The molecule has 0 spiro atoms. The number of rotatable bonds is 2. The molecule has 1 aliphatic heterocycles. The summed E-state index contributed by atoms with van der Waals surface area (Å²) in [7, 11) is 0. The van der Waals surface area contributed by atoms with Crippen molar-refractivity contribution in [2.75, 3.05) is 24.5 Å². The molecule has 84 valence electrons. The van der Waals surface area contributed by atoms with Gasteiger partial charge in [0.15, 0.2) is 5.65 Å². The molecular weight excluding hydrogens is 202 g/mol. The summed E-state index contributed by atoms with van der Waals surface area (Å²) in [4.78, 5) is 6.87. The minimum absolute atomic E-state index is 0.614. The normalized spacial score (nSPS) is 20.8. The van der Waals surface area contributed by atoms with Crippen LogP contribution in [0, 0.1) is 5.92 Å². The molecule has 2 aromatic heterocycles. The quantitative estimate of drug-likeness (QED) is 0.796. The Kier molecular flexibility index (Phi) is 2.25. The maximum absolute atomic E-state index is 5.69. The highest BCUT2D eigenvalue weighted by atomic mass is 15.3. The highest BCUT2D eigenvalue weighted by Gasteiger charge is 2.22. The van der Waals surface area contributed by atoms with Gasteiger partial charge in [-0.3, -0.25) is 0 Å². The van der Waals surface area contributed by atoms with Gasteiger partial charge in [-0.15, -0.1) is 0 Å². The number of nitrogens with two attached hydrogens (primary N) is 1. The molecule has 1 fully saturated rings. The van der Waals surface area contributed by atoms with Gasteiger partial charge in [0, 0.05) is 25.4 Å². The number of nitrogens with zero attached hydrogens (tertiary/aromatic N) is 4. The van der Waals surface area contributed by atoms with Gasteiger partial charge in [-0.05, 0) is 24.9 Å². The van der Waals surface area contributed by atoms with Crippen molar-refractivity contribution in [1.82, 2.24) is 14.6 Å². The molecule has 16 heavy (non-hydrogen) atoms. The Bertz CT molecular complexity index is 492. The van der Waals surface area contributed by atoms with Crippen molar-refractivity contribution in [3.05, 3.63) is 24.5 Å². The molecule has 0 bridgehead atoms. The summed E-state index contributed by atoms with van der Waals surface area (Å²) >= 11 is 0. The van der Waals surface area contributed by atoms with Crippen LogP contribution < -0.4 is 10.6 Å². The van der Waals surface area contributed by atoms with Crippen molar-refractivity contribution in [2.24, 2.45) is 11.7 Å². The topological polar surface area (TPSA) is 59.5 Å². The fourth-order valence-electron chi connectivity index (χ4n) is 2.21. The van der Waals surface area contributed by atoms with Crippen LogP contribution in [0.15, 0.2) is 24.5 Å². The van der Waals surface area contributed by atoms with Crippen molar-refractivity contribution >= 4 is 11.5 Å². The molecule has 2 aromatic rings. The molecular formula is C11H15N5. The summed E-state index contributed by atoms with van der Waals surface area (Å²) in [6, 6.07) is 3.93. The van der Waals surface area contributed by atoms with Crippen LogP contribution in [-0.4, -0.2) is 34.2 Å². The van der Waals surface area contributed by atoms with Gasteiger partial charge in [0.05, 0.1) is 6.20 Å². The standard InChI is InChI=1S/C11H15N5/c12-7-9-2-5-15(8-9)10-3-6-16-11(14-10)1-4-13-16/h1,3-4,6,9H,2,5,7-8,12H2. The van der Waals surface area contributed by atoms with Crippen molar-refractivity contribution in [3.63, 3.8) is 0 Å². The molecule has 1 aliphatic rings. The number of anilines is 1. The summed E-state index contributed by atoms with van der Waals surface area (Å²) < 4.78 is 1.78. The van der Waals surface area contributed by atoms with Gasteiger partial charge in [0.1, 0.15) is 5.82 Å².